The van der Waals surface area contributed by atoms with E-state index >= 15 is 0 Å². The summed E-state index contributed by atoms with van der Waals surface area (Å²) in [7, 11) is -3.68. The normalized spacial score (nSPS) is 11.7. The zero-order valence-electron chi connectivity index (χ0n) is 9.56. The van der Waals surface area contributed by atoms with Crippen LogP contribution in [0.3, 0.4) is 0 Å². The van der Waals surface area contributed by atoms with Crippen molar-refractivity contribution < 1.29 is 8.42 Å². The first kappa shape index (κ1) is 14.8. The van der Waals surface area contributed by atoms with Gasteiger partial charge in [-0.2, -0.15) is 0 Å². The van der Waals surface area contributed by atoms with Crippen LogP contribution in [0.1, 0.15) is 4.88 Å². The smallest absolute Gasteiger partial charge is 0.242 e. The number of hydrogen-bond donors (Lipinski definition) is 2. The van der Waals surface area contributed by atoms with Crippen molar-refractivity contribution in [2.75, 3.05) is 5.73 Å². The molecule has 0 spiro atoms. The molecule has 0 unspecified atom stereocenters. The van der Waals surface area contributed by atoms with Crippen LogP contribution in [0.5, 0.6) is 0 Å². The molecular formula is C11H10BrClN2O2S2. The van der Waals surface area contributed by atoms with E-state index in [1.165, 1.54) is 23.5 Å². The van der Waals surface area contributed by atoms with Gasteiger partial charge in [0.2, 0.25) is 10.0 Å². The maximum absolute atomic E-state index is 12.1. The van der Waals surface area contributed by atoms with E-state index in [1.807, 2.05) is 11.4 Å². The summed E-state index contributed by atoms with van der Waals surface area (Å²) in [6, 6.07) is 6.22. The lowest BCUT2D eigenvalue weighted by Crippen LogP contribution is -2.23. The summed E-state index contributed by atoms with van der Waals surface area (Å²) < 4.78 is 27.7. The number of nitrogens with two attached hydrogens (primary N) is 1. The third-order valence-corrected chi connectivity index (χ3v) is 6.17. The minimum Gasteiger partial charge on any atom is -0.399 e. The van der Waals surface area contributed by atoms with Gasteiger partial charge in [0.15, 0.2) is 0 Å². The van der Waals surface area contributed by atoms with Gasteiger partial charge < -0.3 is 5.73 Å². The summed E-state index contributed by atoms with van der Waals surface area (Å²) in [4.78, 5) is 0.880. The molecule has 0 fully saturated rings. The number of halogens is 2. The Hall–Kier alpha value is -0.600. The molecule has 1 heterocycles. The minimum atomic E-state index is -3.68. The van der Waals surface area contributed by atoms with Gasteiger partial charge in [0.25, 0.3) is 0 Å². The number of rotatable bonds is 4. The molecule has 0 atom stereocenters. The number of thiophene rings is 1. The van der Waals surface area contributed by atoms with Crippen molar-refractivity contribution in [2.45, 2.75) is 11.4 Å². The molecule has 0 aliphatic carbocycles. The molecule has 0 saturated carbocycles. The predicted molar refractivity (Wildman–Crippen MR) is 81.9 cm³/mol. The number of nitrogens with one attached hydrogen (secondary N) is 1. The summed E-state index contributed by atoms with van der Waals surface area (Å²) in [5.74, 6) is 0. The first-order valence-corrected chi connectivity index (χ1v) is 8.70. The van der Waals surface area contributed by atoms with Gasteiger partial charge in [-0.25, -0.2) is 13.1 Å². The van der Waals surface area contributed by atoms with Gasteiger partial charge in [0.1, 0.15) is 4.90 Å². The second kappa shape index (κ2) is 5.80. The van der Waals surface area contributed by atoms with Crippen molar-refractivity contribution >= 4 is 54.6 Å². The lowest BCUT2D eigenvalue weighted by Gasteiger charge is -2.08. The zero-order chi connectivity index (χ0) is 14.0. The average Bonchev–Trinajstić information content (AvgIpc) is 2.75. The fourth-order valence-electron chi connectivity index (χ4n) is 1.42. The highest BCUT2D eigenvalue weighted by atomic mass is 79.9. The Bertz CT molecular complexity index is 700. The molecule has 1 aromatic carbocycles. The Morgan fingerprint density at radius 2 is 2.11 bits per heavy atom. The van der Waals surface area contributed by atoms with Crippen LogP contribution < -0.4 is 10.5 Å². The van der Waals surface area contributed by atoms with Gasteiger partial charge in [0, 0.05) is 21.6 Å². The van der Waals surface area contributed by atoms with Gasteiger partial charge in [-0.15, -0.1) is 11.3 Å². The van der Waals surface area contributed by atoms with Crippen molar-refractivity contribution in [1.29, 1.82) is 0 Å². The number of hydrogen-bond acceptors (Lipinski definition) is 4. The quantitative estimate of drug-likeness (QED) is 0.799. The Morgan fingerprint density at radius 3 is 2.74 bits per heavy atom. The van der Waals surface area contributed by atoms with Gasteiger partial charge >= 0.3 is 0 Å². The predicted octanol–water partition coefficient (Wildman–Crippen LogP) is 3.22. The molecule has 102 valence electrons. The van der Waals surface area contributed by atoms with Crippen LogP contribution in [-0.4, -0.2) is 8.42 Å². The van der Waals surface area contributed by atoms with Crippen LogP contribution in [0.25, 0.3) is 0 Å². The topological polar surface area (TPSA) is 72.2 Å². The highest BCUT2D eigenvalue weighted by Gasteiger charge is 2.18. The third-order valence-electron chi connectivity index (χ3n) is 2.36. The summed E-state index contributed by atoms with van der Waals surface area (Å²) in [5, 5.41) is 2.02. The molecule has 0 bridgehead atoms. The van der Waals surface area contributed by atoms with Crippen LogP contribution in [-0.2, 0) is 16.6 Å². The molecule has 19 heavy (non-hydrogen) atoms. The number of benzene rings is 1. The Morgan fingerprint density at radius 1 is 1.37 bits per heavy atom. The van der Waals surface area contributed by atoms with Gasteiger partial charge in [-0.1, -0.05) is 11.6 Å². The molecule has 0 radical (unpaired) electrons. The average molecular weight is 382 g/mol. The molecule has 1 aromatic heterocycles. The monoisotopic (exact) mass is 380 g/mol. The first-order valence-electron chi connectivity index (χ1n) is 5.17. The van der Waals surface area contributed by atoms with E-state index in [9.17, 15) is 8.42 Å². The molecule has 0 aliphatic heterocycles. The second-order valence-electron chi connectivity index (χ2n) is 3.71. The number of sulfonamides is 1. The Balaban J connectivity index is 2.23. The van der Waals surface area contributed by atoms with Crippen LogP contribution in [0.2, 0.25) is 5.02 Å². The Labute approximate surface area is 128 Å². The molecular weight excluding hydrogens is 372 g/mol. The molecule has 0 saturated heterocycles. The van der Waals surface area contributed by atoms with E-state index in [0.29, 0.717) is 5.69 Å². The highest BCUT2D eigenvalue weighted by molar-refractivity contribution is 9.10. The third kappa shape index (κ3) is 3.49. The van der Waals surface area contributed by atoms with Crippen LogP contribution in [0.4, 0.5) is 5.69 Å². The van der Waals surface area contributed by atoms with Gasteiger partial charge in [-0.05, 0) is 45.6 Å². The number of nitrogen functional groups attached to an aromatic ring is 1. The standard InChI is InChI=1S/C11H10BrClN2O2S2/c12-8-3-4-18-10(8)6-15-19(16,17)11-5-7(14)1-2-9(11)13/h1-5,15H,6,14H2. The van der Waals surface area contributed by atoms with Crippen molar-refractivity contribution in [1.82, 2.24) is 4.72 Å². The molecule has 8 heteroatoms. The van der Waals surface area contributed by atoms with E-state index in [4.69, 9.17) is 17.3 Å². The van der Waals surface area contributed by atoms with E-state index in [-0.39, 0.29) is 16.5 Å². The van der Waals surface area contributed by atoms with Crippen molar-refractivity contribution in [3.63, 3.8) is 0 Å². The Kier molecular flexibility index (Phi) is 4.52. The number of anilines is 1. The lowest BCUT2D eigenvalue weighted by atomic mass is 10.3. The van der Waals surface area contributed by atoms with Crippen molar-refractivity contribution in [2.24, 2.45) is 0 Å². The molecule has 2 aromatic rings. The van der Waals surface area contributed by atoms with Crippen molar-refractivity contribution in [3.05, 3.63) is 44.0 Å². The van der Waals surface area contributed by atoms with Crippen LogP contribution >= 0.6 is 38.9 Å². The van der Waals surface area contributed by atoms with E-state index in [1.54, 1.807) is 6.07 Å². The summed E-state index contributed by atoms with van der Waals surface area (Å²) in [5.41, 5.74) is 5.93. The molecule has 3 N–H and O–H groups in total. The molecule has 0 amide bonds. The maximum atomic E-state index is 12.1. The van der Waals surface area contributed by atoms with E-state index in [2.05, 4.69) is 20.7 Å². The fraction of sp³-hybridized carbons (Fsp3) is 0.0909. The molecule has 4 nitrogen and oxygen atoms in total. The van der Waals surface area contributed by atoms with E-state index in [0.717, 1.165) is 9.35 Å². The van der Waals surface area contributed by atoms with Crippen molar-refractivity contribution in [3.8, 4) is 0 Å². The maximum Gasteiger partial charge on any atom is 0.242 e. The molecule has 2 rings (SSSR count). The van der Waals surface area contributed by atoms with Gasteiger partial charge in [-0.3, -0.25) is 0 Å². The highest BCUT2D eigenvalue weighted by Crippen LogP contribution is 2.26. The molecule has 0 aliphatic rings. The largest absolute Gasteiger partial charge is 0.399 e. The first-order chi connectivity index (χ1) is 8.90. The van der Waals surface area contributed by atoms with E-state index < -0.39 is 10.0 Å². The minimum absolute atomic E-state index is 0.0122. The van der Waals surface area contributed by atoms with Crippen LogP contribution in [0.15, 0.2) is 39.0 Å². The van der Waals surface area contributed by atoms with Gasteiger partial charge in [0.05, 0.1) is 5.02 Å². The summed E-state index contributed by atoms with van der Waals surface area (Å²) in [6.45, 7) is 0.200. The summed E-state index contributed by atoms with van der Waals surface area (Å²) in [6.07, 6.45) is 0. The lowest BCUT2D eigenvalue weighted by molar-refractivity contribution is 0.582. The zero-order valence-corrected chi connectivity index (χ0v) is 13.5. The second-order valence-corrected chi connectivity index (χ2v) is 7.70. The van der Waals surface area contributed by atoms with Crippen LogP contribution in [0, 0.1) is 0 Å². The SMILES string of the molecule is Nc1ccc(Cl)c(S(=O)(=O)NCc2sccc2Br)c1. The fourth-order valence-corrected chi connectivity index (χ4v) is 4.47. The summed E-state index contributed by atoms with van der Waals surface area (Å²) >= 11 is 10.7.